The molecule has 0 aliphatic carbocycles. The molecule has 0 aromatic carbocycles. The van der Waals surface area contributed by atoms with E-state index in [1.807, 2.05) is 21.1 Å². The predicted octanol–water partition coefficient (Wildman–Crippen LogP) is 20.3. The molecule has 0 saturated carbocycles. The minimum Gasteiger partial charge on any atom is -0.477 e. The van der Waals surface area contributed by atoms with Crippen LogP contribution in [0.1, 0.15) is 245 Å². The Bertz CT molecular complexity index is 1870. The van der Waals surface area contributed by atoms with Gasteiger partial charge in [-0.2, -0.15) is 0 Å². The molecule has 0 aliphatic rings. The smallest absolute Gasteiger partial charge is 0.361 e. The maximum atomic E-state index is 12.9. The Morgan fingerprint density at radius 2 is 0.651 bits per heavy atom. The number of ether oxygens (including phenoxy) is 4. The average Bonchev–Trinajstić information content (AvgIpc) is 3.46. The highest BCUT2D eigenvalue weighted by Gasteiger charge is 2.25. The van der Waals surface area contributed by atoms with Gasteiger partial charge in [-0.3, -0.25) is 9.59 Å². The van der Waals surface area contributed by atoms with Gasteiger partial charge in [0.15, 0.2) is 6.10 Å². The van der Waals surface area contributed by atoms with Crippen molar-refractivity contribution in [2.45, 2.75) is 257 Å². The van der Waals surface area contributed by atoms with Crippen LogP contribution in [0.4, 0.5) is 0 Å². The van der Waals surface area contributed by atoms with E-state index < -0.39 is 24.3 Å². The first kappa shape index (κ1) is 78.2. The van der Waals surface area contributed by atoms with Crippen LogP contribution in [0.5, 0.6) is 0 Å². The molecule has 0 spiro atoms. The van der Waals surface area contributed by atoms with Gasteiger partial charge in [0.2, 0.25) is 0 Å². The summed E-state index contributed by atoms with van der Waals surface area (Å²) >= 11 is 0. The summed E-state index contributed by atoms with van der Waals surface area (Å²) in [5.41, 5.74) is 0. The Kier molecular flexibility index (Phi) is 59.5. The van der Waals surface area contributed by atoms with Crippen LogP contribution in [0, 0.1) is 0 Å². The zero-order chi connectivity index (χ0) is 60.5. The van der Waals surface area contributed by atoms with Gasteiger partial charge in [0, 0.05) is 12.8 Å². The topological polar surface area (TPSA) is 108 Å². The van der Waals surface area contributed by atoms with E-state index in [0.717, 1.165) is 109 Å². The maximum absolute atomic E-state index is 12.9. The quantitative estimate of drug-likeness (QED) is 0.0211. The number of hydrogen-bond acceptors (Lipinski definition) is 7. The van der Waals surface area contributed by atoms with Crippen molar-refractivity contribution < 1.29 is 42.9 Å². The first-order valence-electron chi connectivity index (χ1n) is 33.0. The third-order valence-corrected chi connectivity index (χ3v) is 13.6. The van der Waals surface area contributed by atoms with Gasteiger partial charge in [-0.05, 0) is 116 Å². The fraction of sp³-hybridized carbons (Fsp3) is 0.635. The fourth-order valence-corrected chi connectivity index (χ4v) is 8.61. The first-order chi connectivity index (χ1) is 40.6. The second kappa shape index (κ2) is 63.2. The Morgan fingerprint density at radius 1 is 0.361 bits per heavy atom. The molecule has 0 amide bonds. The normalized spacial score (nSPS) is 13.7. The number of carbonyl (C=O) groups is 3. The van der Waals surface area contributed by atoms with E-state index in [9.17, 15) is 19.5 Å². The van der Waals surface area contributed by atoms with Crippen molar-refractivity contribution in [3.63, 3.8) is 0 Å². The SMILES string of the molecule is CC/C=C\C/C=C\C/C=C\C/C=C\C/C=C\C/C=C\CCCCCCCCCCCCCCCCCCCCC(=O)OC(COC(=O)CCCC/C=C\C/C=C\C/C=C\C/C=C\C/C=C\C/C=C\CC)COC(OCC[N+](C)(C)C)C(=O)O. The lowest BCUT2D eigenvalue weighted by Crippen LogP contribution is -2.40. The number of carbonyl (C=O) groups excluding carboxylic acids is 2. The summed E-state index contributed by atoms with van der Waals surface area (Å²) in [4.78, 5) is 37.5. The molecule has 9 heteroatoms. The number of aliphatic carboxylic acids is 1. The van der Waals surface area contributed by atoms with E-state index in [1.54, 1.807) is 0 Å². The van der Waals surface area contributed by atoms with Crippen LogP contribution >= 0.6 is 0 Å². The molecule has 0 fully saturated rings. The summed E-state index contributed by atoms with van der Waals surface area (Å²) in [6.07, 6.45) is 89.6. The number of carboxylic acids is 1. The molecule has 0 aromatic heterocycles. The number of hydrogen-bond donors (Lipinski definition) is 1. The summed E-state index contributed by atoms with van der Waals surface area (Å²) < 4.78 is 22.9. The summed E-state index contributed by atoms with van der Waals surface area (Å²) in [7, 11) is 5.95. The van der Waals surface area contributed by atoms with E-state index in [0.29, 0.717) is 23.9 Å². The maximum Gasteiger partial charge on any atom is 0.361 e. The molecular formula is C74H122NO8+. The van der Waals surface area contributed by atoms with Gasteiger partial charge in [0.1, 0.15) is 13.2 Å². The summed E-state index contributed by atoms with van der Waals surface area (Å²) in [6, 6.07) is 0. The van der Waals surface area contributed by atoms with E-state index in [1.165, 1.54) is 96.3 Å². The molecule has 0 saturated heterocycles. The number of nitrogens with zero attached hydrogens (tertiary/aromatic N) is 1. The molecule has 0 bridgehead atoms. The number of allylic oxidation sites excluding steroid dienone is 24. The minimum absolute atomic E-state index is 0.174. The van der Waals surface area contributed by atoms with Crippen LogP contribution < -0.4 is 0 Å². The molecule has 0 rings (SSSR count). The van der Waals surface area contributed by atoms with Gasteiger partial charge < -0.3 is 28.5 Å². The highest BCUT2D eigenvalue weighted by molar-refractivity contribution is 5.71. The lowest BCUT2D eigenvalue weighted by atomic mass is 10.0. The third kappa shape index (κ3) is 64.6. The molecular weight excluding hydrogens is 1030 g/mol. The van der Waals surface area contributed by atoms with Gasteiger partial charge in [0.05, 0.1) is 34.4 Å². The number of unbranched alkanes of at least 4 members (excludes halogenated alkanes) is 20. The van der Waals surface area contributed by atoms with Crippen LogP contribution in [0.15, 0.2) is 146 Å². The number of quaternary nitrogens is 1. The molecule has 2 unspecified atom stereocenters. The van der Waals surface area contributed by atoms with E-state index in [-0.39, 0.29) is 38.6 Å². The van der Waals surface area contributed by atoms with Crippen LogP contribution in [0.25, 0.3) is 0 Å². The summed E-state index contributed by atoms with van der Waals surface area (Å²) in [6.45, 7) is 4.59. The molecule has 470 valence electrons. The molecule has 83 heavy (non-hydrogen) atoms. The standard InChI is InChI=1S/C74H121NO8/c1-6-8-10-12-14-16-18-20-22-24-26-28-29-30-31-32-33-34-35-36-37-38-39-40-41-42-43-45-47-49-51-53-55-57-59-61-63-65-72(77)83-70(69-82-74(73(78)79)80-67-66-75(3,4)5)68-81-71(76)64-62-60-58-56-54-52-50-48-46-44-27-25-23-21-19-17-15-13-11-9-7-2/h8-11,14-17,20-23,26-28,30-31,33-34,44,48,50,54,56,70,74H,6-7,12-13,18-19,24-25,29,32,35-43,45-47,49,51-53,55,57-69H2,1-5H3/p+1/b10-8-,11-9-,16-14-,17-15-,22-20-,23-21-,28-26-,31-30-,34-33-,44-27-,50-48-,56-54-. The highest BCUT2D eigenvalue weighted by atomic mass is 16.7. The molecule has 0 aliphatic heterocycles. The van der Waals surface area contributed by atoms with E-state index >= 15 is 0 Å². The van der Waals surface area contributed by atoms with E-state index in [4.69, 9.17) is 18.9 Å². The zero-order valence-electron chi connectivity index (χ0n) is 53.5. The van der Waals surface area contributed by atoms with Crippen molar-refractivity contribution in [3.05, 3.63) is 146 Å². The fourth-order valence-electron chi connectivity index (χ4n) is 8.61. The third-order valence-electron chi connectivity index (χ3n) is 13.6. The molecule has 0 radical (unpaired) electrons. The van der Waals surface area contributed by atoms with Gasteiger partial charge in [0.25, 0.3) is 6.29 Å². The number of rotatable bonds is 59. The minimum atomic E-state index is -1.53. The van der Waals surface area contributed by atoms with Crippen LogP contribution in [0.2, 0.25) is 0 Å². The number of carboxylic acid groups (broad SMARTS) is 1. The average molecular weight is 1150 g/mol. The molecule has 9 nitrogen and oxygen atoms in total. The molecule has 1 N–H and O–H groups in total. The van der Waals surface area contributed by atoms with Crippen LogP contribution in [-0.2, 0) is 33.3 Å². The van der Waals surface area contributed by atoms with Crippen LogP contribution in [0.3, 0.4) is 0 Å². The molecule has 0 aromatic rings. The Morgan fingerprint density at radius 3 is 0.988 bits per heavy atom. The molecule has 0 heterocycles. The highest BCUT2D eigenvalue weighted by Crippen LogP contribution is 2.16. The Balaban J connectivity index is 4.16. The van der Waals surface area contributed by atoms with Gasteiger partial charge in [-0.1, -0.05) is 262 Å². The lowest BCUT2D eigenvalue weighted by molar-refractivity contribution is -0.870. The van der Waals surface area contributed by atoms with Crippen molar-refractivity contribution in [2.24, 2.45) is 0 Å². The van der Waals surface area contributed by atoms with Crippen molar-refractivity contribution in [1.82, 2.24) is 0 Å². The number of likely N-dealkylation sites (N-methyl/N-ethyl adjacent to an activating group) is 1. The second-order valence-electron chi connectivity index (χ2n) is 22.7. The second-order valence-corrected chi connectivity index (χ2v) is 22.7. The van der Waals surface area contributed by atoms with Crippen molar-refractivity contribution >= 4 is 17.9 Å². The monoisotopic (exact) mass is 1150 g/mol. The van der Waals surface area contributed by atoms with Crippen molar-refractivity contribution in [3.8, 4) is 0 Å². The van der Waals surface area contributed by atoms with E-state index in [2.05, 4.69) is 160 Å². The predicted molar refractivity (Wildman–Crippen MR) is 354 cm³/mol. The van der Waals surface area contributed by atoms with Crippen LogP contribution in [-0.4, -0.2) is 87.4 Å². The van der Waals surface area contributed by atoms with Gasteiger partial charge in [-0.25, -0.2) is 4.79 Å². The first-order valence-corrected chi connectivity index (χ1v) is 33.0. The summed E-state index contributed by atoms with van der Waals surface area (Å²) in [5, 5.41) is 9.73. The number of esters is 2. The Hall–Kier alpha value is -4.83. The largest absolute Gasteiger partial charge is 0.477 e. The van der Waals surface area contributed by atoms with Gasteiger partial charge >= 0.3 is 17.9 Å². The zero-order valence-corrected chi connectivity index (χ0v) is 53.5. The van der Waals surface area contributed by atoms with Crippen molar-refractivity contribution in [1.29, 1.82) is 0 Å². The van der Waals surface area contributed by atoms with Crippen molar-refractivity contribution in [2.75, 3.05) is 47.5 Å². The lowest BCUT2D eigenvalue weighted by Gasteiger charge is -2.25. The molecule has 2 atom stereocenters. The van der Waals surface area contributed by atoms with Gasteiger partial charge in [-0.15, -0.1) is 0 Å². The summed E-state index contributed by atoms with van der Waals surface area (Å²) in [5.74, 6) is -2.07. The Labute approximate surface area is 509 Å².